The molecule has 0 unspecified atom stereocenters. The Morgan fingerprint density at radius 3 is 2.71 bits per heavy atom. The summed E-state index contributed by atoms with van der Waals surface area (Å²) in [6.45, 7) is 2.43. The van der Waals surface area contributed by atoms with Crippen LogP contribution in [0, 0.1) is 11.8 Å². The van der Waals surface area contributed by atoms with Crippen molar-refractivity contribution in [1.29, 1.82) is 0 Å². The summed E-state index contributed by atoms with van der Waals surface area (Å²) in [5.74, 6) is 2.52. The Labute approximate surface area is 103 Å². The molecule has 1 heterocycles. The second-order valence-corrected chi connectivity index (χ2v) is 5.45. The third-order valence-electron chi connectivity index (χ3n) is 4.14. The number of rotatable bonds is 2. The number of benzene rings is 1. The minimum absolute atomic E-state index is 0.397. The Kier molecular flexibility index (Phi) is 2.71. The molecular weight excluding hydrogens is 212 g/mol. The highest BCUT2D eigenvalue weighted by atomic mass is 16.5. The Balaban J connectivity index is 1.68. The number of hydrogen-bond acceptors (Lipinski definition) is 3. The van der Waals surface area contributed by atoms with Gasteiger partial charge in [-0.3, -0.25) is 0 Å². The van der Waals surface area contributed by atoms with Crippen molar-refractivity contribution >= 4 is 5.69 Å². The molecule has 1 aromatic rings. The minimum atomic E-state index is 0.397. The van der Waals surface area contributed by atoms with Crippen molar-refractivity contribution in [3.05, 3.63) is 24.3 Å². The molecule has 17 heavy (non-hydrogen) atoms. The fourth-order valence-electron chi connectivity index (χ4n) is 3.31. The van der Waals surface area contributed by atoms with Crippen molar-refractivity contribution in [2.75, 3.05) is 25.9 Å². The highest BCUT2D eigenvalue weighted by molar-refractivity contribution is 5.41. The summed E-state index contributed by atoms with van der Waals surface area (Å²) in [6, 6.07) is 7.76. The third kappa shape index (κ3) is 2.12. The van der Waals surface area contributed by atoms with Crippen LogP contribution in [0.2, 0.25) is 0 Å². The molecule has 2 N–H and O–H groups in total. The molecule has 1 saturated heterocycles. The lowest BCUT2D eigenvalue weighted by Gasteiger charge is -2.20. The van der Waals surface area contributed by atoms with Crippen molar-refractivity contribution in [2.45, 2.75) is 18.9 Å². The minimum Gasteiger partial charge on any atom is -0.490 e. The molecule has 3 nitrogen and oxygen atoms in total. The van der Waals surface area contributed by atoms with Crippen molar-refractivity contribution < 1.29 is 4.74 Å². The van der Waals surface area contributed by atoms with Crippen LogP contribution in [-0.4, -0.2) is 31.1 Å². The van der Waals surface area contributed by atoms with E-state index >= 15 is 0 Å². The molecule has 0 bridgehead atoms. The van der Waals surface area contributed by atoms with Crippen molar-refractivity contribution in [2.24, 2.45) is 11.8 Å². The number of ether oxygens (including phenoxy) is 1. The van der Waals surface area contributed by atoms with Gasteiger partial charge in [-0.2, -0.15) is 0 Å². The Bertz CT molecular complexity index is 390. The maximum Gasteiger partial charge on any atom is 0.119 e. The standard InChI is InChI=1S/C14H20N2O/c1-16-8-10-2-7-14(13(10)9-16)17-12-5-3-11(15)4-6-12/h3-6,10,13-14H,2,7-9,15H2,1H3/t10-,13+,14-/m0/s1. The highest BCUT2D eigenvalue weighted by Crippen LogP contribution is 2.39. The van der Waals surface area contributed by atoms with E-state index in [0.29, 0.717) is 6.10 Å². The van der Waals surface area contributed by atoms with Crippen LogP contribution in [0.5, 0.6) is 5.75 Å². The first-order valence-corrected chi connectivity index (χ1v) is 6.43. The number of nitrogen functional groups attached to an aromatic ring is 1. The summed E-state index contributed by atoms with van der Waals surface area (Å²) in [7, 11) is 2.21. The fraction of sp³-hybridized carbons (Fsp3) is 0.571. The predicted octanol–water partition coefficient (Wildman–Crippen LogP) is 1.99. The molecule has 0 spiro atoms. The van der Waals surface area contributed by atoms with Gasteiger partial charge in [0.2, 0.25) is 0 Å². The summed E-state index contributed by atoms with van der Waals surface area (Å²) < 4.78 is 6.11. The van der Waals surface area contributed by atoms with Gasteiger partial charge in [0.15, 0.2) is 0 Å². The summed E-state index contributed by atoms with van der Waals surface area (Å²) in [6.07, 6.45) is 2.91. The second-order valence-electron chi connectivity index (χ2n) is 5.45. The molecule has 1 aromatic carbocycles. The van der Waals surface area contributed by atoms with Crippen LogP contribution in [0.4, 0.5) is 5.69 Å². The lowest BCUT2D eigenvalue weighted by molar-refractivity contribution is 0.151. The maximum atomic E-state index is 6.11. The summed E-state index contributed by atoms with van der Waals surface area (Å²) in [4.78, 5) is 2.42. The average Bonchev–Trinajstić information content (AvgIpc) is 2.83. The molecule has 2 fully saturated rings. The number of fused-ring (bicyclic) bond motifs is 1. The molecule has 1 saturated carbocycles. The average molecular weight is 232 g/mol. The normalized spacial score (nSPS) is 32.6. The van der Waals surface area contributed by atoms with Gasteiger partial charge in [0, 0.05) is 24.7 Å². The van der Waals surface area contributed by atoms with E-state index in [0.717, 1.165) is 23.3 Å². The molecule has 3 heteroatoms. The van der Waals surface area contributed by atoms with Crippen molar-refractivity contribution in [3.8, 4) is 5.75 Å². The van der Waals surface area contributed by atoms with E-state index in [-0.39, 0.29) is 0 Å². The Morgan fingerprint density at radius 2 is 1.94 bits per heavy atom. The van der Waals surface area contributed by atoms with Gasteiger partial charge in [0.25, 0.3) is 0 Å². The SMILES string of the molecule is CN1C[C@@H]2CC[C@H](Oc3ccc(N)cc3)[C@@H]2C1. The molecule has 92 valence electrons. The largest absolute Gasteiger partial charge is 0.490 e. The van der Waals surface area contributed by atoms with Gasteiger partial charge >= 0.3 is 0 Å². The van der Waals surface area contributed by atoms with Crippen LogP contribution in [0.15, 0.2) is 24.3 Å². The van der Waals surface area contributed by atoms with Gasteiger partial charge in [-0.05, 0) is 50.1 Å². The van der Waals surface area contributed by atoms with Crippen LogP contribution < -0.4 is 10.5 Å². The smallest absolute Gasteiger partial charge is 0.119 e. The lowest BCUT2D eigenvalue weighted by atomic mass is 9.99. The second kappa shape index (κ2) is 4.22. The van der Waals surface area contributed by atoms with E-state index in [1.807, 2.05) is 24.3 Å². The number of likely N-dealkylation sites (tertiary alicyclic amines) is 1. The zero-order valence-corrected chi connectivity index (χ0v) is 10.3. The number of nitrogens with zero attached hydrogens (tertiary/aromatic N) is 1. The monoisotopic (exact) mass is 232 g/mol. The van der Waals surface area contributed by atoms with Crippen LogP contribution >= 0.6 is 0 Å². The molecule has 0 aromatic heterocycles. The van der Waals surface area contributed by atoms with E-state index < -0.39 is 0 Å². The number of anilines is 1. The third-order valence-corrected chi connectivity index (χ3v) is 4.14. The van der Waals surface area contributed by atoms with Gasteiger partial charge in [-0.15, -0.1) is 0 Å². The zero-order valence-electron chi connectivity index (χ0n) is 10.3. The van der Waals surface area contributed by atoms with Crippen LogP contribution in [-0.2, 0) is 0 Å². The van der Waals surface area contributed by atoms with Crippen LogP contribution in [0.3, 0.4) is 0 Å². The number of nitrogens with two attached hydrogens (primary N) is 1. The van der Waals surface area contributed by atoms with Gasteiger partial charge in [-0.25, -0.2) is 0 Å². The van der Waals surface area contributed by atoms with E-state index in [9.17, 15) is 0 Å². The molecule has 0 radical (unpaired) electrons. The topological polar surface area (TPSA) is 38.5 Å². The molecule has 1 aliphatic heterocycles. The van der Waals surface area contributed by atoms with Crippen LogP contribution in [0.25, 0.3) is 0 Å². The van der Waals surface area contributed by atoms with E-state index in [1.165, 1.54) is 25.9 Å². The number of hydrogen-bond donors (Lipinski definition) is 1. The van der Waals surface area contributed by atoms with Gasteiger partial charge in [0.05, 0.1) is 0 Å². The molecule has 3 rings (SSSR count). The van der Waals surface area contributed by atoms with Gasteiger partial charge in [0.1, 0.15) is 11.9 Å². The maximum absolute atomic E-state index is 6.11. The van der Waals surface area contributed by atoms with E-state index in [4.69, 9.17) is 10.5 Å². The fourth-order valence-corrected chi connectivity index (χ4v) is 3.31. The Hall–Kier alpha value is -1.22. The first-order valence-electron chi connectivity index (χ1n) is 6.43. The predicted molar refractivity (Wildman–Crippen MR) is 69.0 cm³/mol. The van der Waals surface area contributed by atoms with Crippen molar-refractivity contribution in [3.63, 3.8) is 0 Å². The molecule has 2 aliphatic rings. The Morgan fingerprint density at radius 1 is 1.18 bits per heavy atom. The first kappa shape index (κ1) is 10.9. The van der Waals surface area contributed by atoms with Crippen molar-refractivity contribution in [1.82, 2.24) is 4.90 Å². The molecule has 3 atom stereocenters. The summed E-state index contributed by atoms with van der Waals surface area (Å²) >= 11 is 0. The quantitative estimate of drug-likeness (QED) is 0.792. The zero-order chi connectivity index (χ0) is 11.8. The van der Waals surface area contributed by atoms with Gasteiger partial charge in [-0.1, -0.05) is 0 Å². The van der Waals surface area contributed by atoms with E-state index in [2.05, 4.69) is 11.9 Å². The highest BCUT2D eigenvalue weighted by Gasteiger charge is 2.42. The molecule has 0 amide bonds. The molecular formula is C14H20N2O. The lowest BCUT2D eigenvalue weighted by Crippen LogP contribution is -2.26. The summed E-state index contributed by atoms with van der Waals surface area (Å²) in [5, 5.41) is 0. The van der Waals surface area contributed by atoms with E-state index in [1.54, 1.807) is 0 Å². The summed E-state index contributed by atoms with van der Waals surface area (Å²) in [5.41, 5.74) is 6.47. The first-order chi connectivity index (χ1) is 8.22. The van der Waals surface area contributed by atoms with Crippen LogP contribution in [0.1, 0.15) is 12.8 Å². The van der Waals surface area contributed by atoms with Gasteiger partial charge < -0.3 is 15.4 Å². The molecule has 1 aliphatic carbocycles.